The molecule has 1 heterocycles. The molecule has 0 saturated heterocycles. The number of nitrogens with zero attached hydrogens (tertiary/aromatic N) is 2. The molecule has 122 valence electrons. The Morgan fingerprint density at radius 1 is 1.04 bits per heavy atom. The van der Waals surface area contributed by atoms with E-state index in [-0.39, 0.29) is 10.6 Å². The van der Waals surface area contributed by atoms with E-state index in [9.17, 15) is 21.6 Å². The van der Waals surface area contributed by atoms with E-state index in [0.29, 0.717) is 0 Å². The van der Waals surface area contributed by atoms with Crippen LogP contribution in [0, 0.1) is 0 Å². The minimum absolute atomic E-state index is 0.0676. The van der Waals surface area contributed by atoms with Gasteiger partial charge in [0, 0.05) is 0 Å². The standard InChI is InChI=1S/C14H12F3N3O2S/c15-14(16,17)13-18-7-11(8-19-13)20-23(21,22)12-5-4-9-2-1-3-10(9)6-12/h4-8,20H,1-3H2. The molecular weight excluding hydrogens is 331 g/mol. The number of hydrogen-bond acceptors (Lipinski definition) is 4. The summed E-state index contributed by atoms with van der Waals surface area (Å²) in [5.41, 5.74) is 1.98. The summed E-state index contributed by atoms with van der Waals surface area (Å²) < 4.78 is 63.9. The zero-order valence-corrected chi connectivity index (χ0v) is 12.6. The van der Waals surface area contributed by atoms with E-state index in [4.69, 9.17) is 0 Å². The van der Waals surface area contributed by atoms with Gasteiger partial charge in [-0.15, -0.1) is 0 Å². The Labute approximate surface area is 130 Å². The lowest BCUT2D eigenvalue weighted by Crippen LogP contribution is -2.15. The molecule has 0 fully saturated rings. The first-order valence-electron chi connectivity index (χ1n) is 6.79. The number of alkyl halides is 3. The summed E-state index contributed by atoms with van der Waals surface area (Å²) in [5.74, 6) is -1.32. The highest BCUT2D eigenvalue weighted by molar-refractivity contribution is 7.92. The maximum atomic E-state index is 12.4. The number of benzene rings is 1. The van der Waals surface area contributed by atoms with Crippen LogP contribution in [0.4, 0.5) is 18.9 Å². The molecule has 1 N–H and O–H groups in total. The quantitative estimate of drug-likeness (QED) is 0.930. The van der Waals surface area contributed by atoms with Crippen molar-refractivity contribution in [2.24, 2.45) is 0 Å². The second kappa shape index (κ2) is 5.48. The molecule has 0 atom stereocenters. The lowest BCUT2D eigenvalue weighted by atomic mass is 10.1. The number of aryl methyl sites for hydroxylation is 2. The van der Waals surface area contributed by atoms with Crippen LogP contribution in [-0.2, 0) is 29.0 Å². The molecule has 1 aliphatic carbocycles. The van der Waals surface area contributed by atoms with E-state index >= 15 is 0 Å². The van der Waals surface area contributed by atoms with E-state index in [2.05, 4.69) is 14.7 Å². The fraction of sp³-hybridized carbons (Fsp3) is 0.286. The van der Waals surface area contributed by atoms with Crippen molar-refractivity contribution in [2.45, 2.75) is 30.3 Å². The van der Waals surface area contributed by atoms with Crippen LogP contribution in [0.5, 0.6) is 0 Å². The van der Waals surface area contributed by atoms with Gasteiger partial charge in [0.25, 0.3) is 10.0 Å². The van der Waals surface area contributed by atoms with Gasteiger partial charge in [-0.05, 0) is 42.5 Å². The van der Waals surface area contributed by atoms with Crippen molar-refractivity contribution in [1.82, 2.24) is 9.97 Å². The maximum absolute atomic E-state index is 12.4. The van der Waals surface area contributed by atoms with Crippen LogP contribution in [0.3, 0.4) is 0 Å². The van der Waals surface area contributed by atoms with Gasteiger partial charge in [0.15, 0.2) is 0 Å². The number of fused-ring (bicyclic) bond motifs is 1. The van der Waals surface area contributed by atoms with Gasteiger partial charge in [-0.1, -0.05) is 6.07 Å². The van der Waals surface area contributed by atoms with Crippen LogP contribution >= 0.6 is 0 Å². The Morgan fingerprint density at radius 2 is 1.70 bits per heavy atom. The molecule has 3 rings (SSSR count). The van der Waals surface area contributed by atoms with Gasteiger partial charge in [0.2, 0.25) is 5.82 Å². The third-order valence-electron chi connectivity index (χ3n) is 3.54. The molecule has 0 radical (unpaired) electrons. The Bertz CT molecular complexity index is 833. The van der Waals surface area contributed by atoms with Crippen molar-refractivity contribution in [3.8, 4) is 0 Å². The summed E-state index contributed by atoms with van der Waals surface area (Å²) in [6, 6.07) is 4.84. The number of aromatic nitrogens is 2. The minimum atomic E-state index is -4.67. The lowest BCUT2D eigenvalue weighted by Gasteiger charge is -2.10. The van der Waals surface area contributed by atoms with Gasteiger partial charge >= 0.3 is 6.18 Å². The Balaban J connectivity index is 1.84. The van der Waals surface area contributed by atoms with Crippen LogP contribution in [0.25, 0.3) is 0 Å². The molecule has 0 aliphatic heterocycles. The fourth-order valence-corrected chi connectivity index (χ4v) is 3.53. The second-order valence-corrected chi connectivity index (χ2v) is 6.87. The van der Waals surface area contributed by atoms with Gasteiger partial charge in [0.05, 0.1) is 23.0 Å². The van der Waals surface area contributed by atoms with Crippen molar-refractivity contribution in [3.63, 3.8) is 0 Å². The average molecular weight is 343 g/mol. The summed E-state index contributed by atoms with van der Waals surface area (Å²) >= 11 is 0. The van der Waals surface area contributed by atoms with E-state index in [0.717, 1.165) is 42.8 Å². The predicted octanol–water partition coefficient (Wildman–Crippen LogP) is 2.78. The van der Waals surface area contributed by atoms with Crippen LogP contribution in [0.2, 0.25) is 0 Å². The largest absolute Gasteiger partial charge is 0.451 e. The van der Waals surface area contributed by atoms with Crippen LogP contribution in [0.15, 0.2) is 35.5 Å². The Morgan fingerprint density at radius 3 is 2.35 bits per heavy atom. The van der Waals surface area contributed by atoms with E-state index in [1.54, 1.807) is 12.1 Å². The molecular formula is C14H12F3N3O2S. The first-order chi connectivity index (χ1) is 10.8. The van der Waals surface area contributed by atoms with E-state index < -0.39 is 22.0 Å². The zero-order chi connectivity index (χ0) is 16.7. The molecule has 5 nitrogen and oxygen atoms in total. The first kappa shape index (κ1) is 15.7. The Hall–Kier alpha value is -2.16. The topological polar surface area (TPSA) is 72.0 Å². The van der Waals surface area contributed by atoms with Crippen LogP contribution in [0.1, 0.15) is 23.4 Å². The summed E-state index contributed by atoms with van der Waals surface area (Å²) in [4.78, 5) is 6.31. The molecule has 0 amide bonds. The summed E-state index contributed by atoms with van der Waals surface area (Å²) in [6.45, 7) is 0. The van der Waals surface area contributed by atoms with Gasteiger partial charge < -0.3 is 0 Å². The molecule has 2 aromatic rings. The SMILES string of the molecule is O=S(=O)(Nc1cnc(C(F)(F)F)nc1)c1ccc2c(c1)CCC2. The van der Waals surface area contributed by atoms with Crippen molar-refractivity contribution < 1.29 is 21.6 Å². The summed E-state index contributed by atoms with van der Waals surface area (Å²) in [6.07, 6.45) is -0.351. The van der Waals surface area contributed by atoms with E-state index in [1.165, 1.54) is 6.07 Å². The predicted molar refractivity (Wildman–Crippen MR) is 76.3 cm³/mol. The van der Waals surface area contributed by atoms with Crippen molar-refractivity contribution in [2.75, 3.05) is 4.72 Å². The molecule has 1 aromatic heterocycles. The first-order valence-corrected chi connectivity index (χ1v) is 8.28. The molecule has 1 aromatic carbocycles. The zero-order valence-electron chi connectivity index (χ0n) is 11.8. The summed E-state index contributed by atoms with van der Waals surface area (Å²) in [5, 5.41) is 0. The smallest absolute Gasteiger partial charge is 0.276 e. The average Bonchev–Trinajstić information content (AvgIpc) is 2.93. The van der Waals surface area contributed by atoms with Crippen molar-refractivity contribution >= 4 is 15.7 Å². The third-order valence-corrected chi connectivity index (χ3v) is 4.92. The van der Waals surface area contributed by atoms with Gasteiger partial charge in [-0.3, -0.25) is 4.72 Å². The summed E-state index contributed by atoms with van der Waals surface area (Å²) in [7, 11) is -3.89. The van der Waals surface area contributed by atoms with Crippen LogP contribution in [-0.4, -0.2) is 18.4 Å². The monoisotopic (exact) mass is 343 g/mol. The fourth-order valence-electron chi connectivity index (χ4n) is 2.46. The number of rotatable bonds is 3. The molecule has 0 spiro atoms. The number of sulfonamides is 1. The molecule has 23 heavy (non-hydrogen) atoms. The highest BCUT2D eigenvalue weighted by Gasteiger charge is 2.34. The molecule has 0 saturated carbocycles. The van der Waals surface area contributed by atoms with Gasteiger partial charge in [-0.25, -0.2) is 18.4 Å². The minimum Gasteiger partial charge on any atom is -0.276 e. The number of nitrogens with one attached hydrogen (secondary N) is 1. The normalized spacial score (nSPS) is 14.6. The van der Waals surface area contributed by atoms with Gasteiger partial charge in [0.1, 0.15) is 0 Å². The lowest BCUT2D eigenvalue weighted by molar-refractivity contribution is -0.144. The highest BCUT2D eigenvalue weighted by Crippen LogP contribution is 2.27. The van der Waals surface area contributed by atoms with Crippen molar-refractivity contribution in [1.29, 1.82) is 0 Å². The maximum Gasteiger partial charge on any atom is 0.451 e. The van der Waals surface area contributed by atoms with Crippen LogP contribution < -0.4 is 4.72 Å². The molecule has 1 aliphatic rings. The molecule has 0 unspecified atom stereocenters. The molecule has 9 heteroatoms. The second-order valence-electron chi connectivity index (χ2n) is 5.18. The van der Waals surface area contributed by atoms with Gasteiger partial charge in [-0.2, -0.15) is 13.2 Å². The Kier molecular flexibility index (Phi) is 3.75. The number of hydrogen-bond donors (Lipinski definition) is 1. The number of halogens is 3. The number of anilines is 1. The van der Waals surface area contributed by atoms with E-state index in [1.807, 2.05) is 0 Å². The highest BCUT2D eigenvalue weighted by atomic mass is 32.2. The van der Waals surface area contributed by atoms with Crippen molar-refractivity contribution in [3.05, 3.63) is 47.5 Å². The molecule has 0 bridgehead atoms. The third kappa shape index (κ3) is 3.29.